The molecule has 0 bridgehead atoms. The molecule has 0 amide bonds. The number of anilines is 1. The van der Waals surface area contributed by atoms with Crippen LogP contribution in [0.3, 0.4) is 0 Å². The Morgan fingerprint density at radius 3 is 2.62 bits per heavy atom. The molecule has 10 heteroatoms. The molecule has 1 aromatic rings. The fourth-order valence-electron chi connectivity index (χ4n) is 2.51. The van der Waals surface area contributed by atoms with E-state index < -0.39 is 42.2 Å². The number of aliphatic hydroxyl groups is 1. The van der Waals surface area contributed by atoms with Crippen molar-refractivity contribution in [3.63, 3.8) is 0 Å². The summed E-state index contributed by atoms with van der Waals surface area (Å²) in [4.78, 5) is 23.1. The van der Waals surface area contributed by atoms with Gasteiger partial charge in [0.05, 0.1) is 29.9 Å². The molecule has 132 valence electrons. The maximum atomic E-state index is 13.0. The Bertz CT molecular complexity index is 650. The lowest BCUT2D eigenvalue weighted by Crippen LogP contribution is -2.54. The number of benzene rings is 1. The topological polar surface area (TPSA) is 92.9 Å². The molecule has 1 aliphatic heterocycles. The van der Waals surface area contributed by atoms with Crippen LogP contribution in [0.15, 0.2) is 18.2 Å². The molecular formula is C14H15F3N2O5. The number of carbonyl (C=O) groups excluding carboxylic acids is 1. The van der Waals surface area contributed by atoms with E-state index in [1.165, 1.54) is 17.9 Å². The fraction of sp³-hybridized carbons (Fsp3) is 0.500. The molecule has 1 fully saturated rings. The first-order valence-corrected chi connectivity index (χ1v) is 7.00. The van der Waals surface area contributed by atoms with Crippen molar-refractivity contribution in [2.45, 2.75) is 25.3 Å². The maximum absolute atomic E-state index is 13.0. The fourth-order valence-corrected chi connectivity index (χ4v) is 2.51. The van der Waals surface area contributed by atoms with E-state index in [2.05, 4.69) is 0 Å². The van der Waals surface area contributed by atoms with Crippen LogP contribution < -0.4 is 4.90 Å². The number of nitro benzene ring substituents is 1. The molecule has 1 N–H and O–H groups in total. The van der Waals surface area contributed by atoms with Crippen molar-refractivity contribution in [1.82, 2.24) is 0 Å². The quantitative estimate of drug-likeness (QED) is 0.508. The van der Waals surface area contributed by atoms with E-state index in [1.807, 2.05) is 0 Å². The minimum Gasteiger partial charge on any atom is -0.394 e. The number of aliphatic hydroxyl groups excluding tert-OH is 1. The van der Waals surface area contributed by atoms with Gasteiger partial charge in [-0.1, -0.05) is 0 Å². The van der Waals surface area contributed by atoms with Crippen LogP contribution in [0.25, 0.3) is 0 Å². The molecule has 0 spiro atoms. The van der Waals surface area contributed by atoms with E-state index >= 15 is 0 Å². The summed E-state index contributed by atoms with van der Waals surface area (Å²) in [6.07, 6.45) is -7.95. The zero-order valence-corrected chi connectivity index (χ0v) is 12.6. The van der Waals surface area contributed by atoms with Crippen molar-refractivity contribution in [2.75, 3.05) is 24.6 Å². The van der Waals surface area contributed by atoms with Crippen LogP contribution in [-0.2, 0) is 4.74 Å². The molecule has 1 saturated heterocycles. The molecule has 0 aromatic heterocycles. The zero-order chi connectivity index (χ0) is 18.1. The Balaban J connectivity index is 2.45. The standard InChI is InChI=1S/C14H15F3N2O5/c1-8(21)11-3-2-9(19(22)23)4-12(11)18-5-10(7-20)24-13(6-18)14(15,16)17/h2-4,10,13,20H,5-7H2,1H3. The minimum absolute atomic E-state index is 0.0210. The van der Waals surface area contributed by atoms with Gasteiger partial charge in [0, 0.05) is 24.2 Å². The van der Waals surface area contributed by atoms with Crippen LogP contribution in [0.1, 0.15) is 17.3 Å². The van der Waals surface area contributed by atoms with Crippen molar-refractivity contribution < 1.29 is 32.7 Å². The molecule has 1 aromatic carbocycles. The van der Waals surface area contributed by atoms with Gasteiger partial charge < -0.3 is 14.7 Å². The second kappa shape index (κ2) is 6.73. The number of halogens is 3. The number of alkyl halides is 3. The van der Waals surface area contributed by atoms with Gasteiger partial charge in [-0.3, -0.25) is 14.9 Å². The highest BCUT2D eigenvalue weighted by molar-refractivity contribution is 6.00. The molecule has 24 heavy (non-hydrogen) atoms. The maximum Gasteiger partial charge on any atom is 0.416 e. The average molecular weight is 348 g/mol. The second-order valence-electron chi connectivity index (χ2n) is 5.39. The van der Waals surface area contributed by atoms with Gasteiger partial charge in [-0.05, 0) is 13.0 Å². The lowest BCUT2D eigenvalue weighted by atomic mass is 10.1. The summed E-state index contributed by atoms with van der Waals surface area (Å²) < 4.78 is 43.8. The molecule has 0 aliphatic carbocycles. The lowest BCUT2D eigenvalue weighted by Gasteiger charge is -2.39. The first kappa shape index (κ1) is 18.1. The molecular weight excluding hydrogens is 333 g/mol. The van der Waals surface area contributed by atoms with Gasteiger partial charge in [0.25, 0.3) is 5.69 Å². The lowest BCUT2D eigenvalue weighted by molar-refractivity contribution is -0.384. The molecule has 0 radical (unpaired) electrons. The van der Waals surface area contributed by atoms with E-state index in [-0.39, 0.29) is 23.5 Å². The molecule has 7 nitrogen and oxygen atoms in total. The molecule has 0 saturated carbocycles. The third kappa shape index (κ3) is 3.82. The molecule has 2 rings (SSSR count). The number of carbonyl (C=O) groups is 1. The Labute approximate surface area is 134 Å². The van der Waals surface area contributed by atoms with E-state index in [0.29, 0.717) is 0 Å². The first-order chi connectivity index (χ1) is 11.1. The van der Waals surface area contributed by atoms with Crippen molar-refractivity contribution >= 4 is 17.2 Å². The number of Topliss-reactive ketones (excluding diaryl/α,β-unsaturated/α-hetero) is 1. The van der Waals surface area contributed by atoms with E-state index in [4.69, 9.17) is 9.84 Å². The van der Waals surface area contributed by atoms with Crippen LogP contribution in [-0.4, -0.2) is 53.9 Å². The predicted molar refractivity (Wildman–Crippen MR) is 77.1 cm³/mol. The van der Waals surface area contributed by atoms with Gasteiger partial charge in [-0.15, -0.1) is 0 Å². The normalized spacial score (nSPS) is 21.6. The highest BCUT2D eigenvalue weighted by Crippen LogP contribution is 2.33. The number of morpholine rings is 1. The summed E-state index contributed by atoms with van der Waals surface area (Å²) in [7, 11) is 0. The monoisotopic (exact) mass is 348 g/mol. The highest BCUT2D eigenvalue weighted by atomic mass is 19.4. The second-order valence-corrected chi connectivity index (χ2v) is 5.39. The number of ketones is 1. The Morgan fingerprint density at radius 2 is 2.12 bits per heavy atom. The highest BCUT2D eigenvalue weighted by Gasteiger charge is 2.46. The van der Waals surface area contributed by atoms with Crippen LogP contribution in [0, 0.1) is 10.1 Å². The summed E-state index contributed by atoms with van der Waals surface area (Å²) in [5.74, 6) is -0.435. The summed E-state index contributed by atoms with van der Waals surface area (Å²) in [5.41, 5.74) is -0.251. The number of ether oxygens (including phenoxy) is 1. The number of nitro groups is 1. The smallest absolute Gasteiger partial charge is 0.394 e. The van der Waals surface area contributed by atoms with Crippen molar-refractivity contribution in [1.29, 1.82) is 0 Å². The molecule has 1 aliphatic rings. The predicted octanol–water partition coefficient (Wildman–Crippen LogP) is 1.93. The van der Waals surface area contributed by atoms with Gasteiger partial charge in [0.2, 0.25) is 0 Å². The molecule has 1 heterocycles. The van der Waals surface area contributed by atoms with Gasteiger partial charge in [0.1, 0.15) is 0 Å². The number of non-ortho nitro benzene ring substituents is 1. The summed E-state index contributed by atoms with van der Waals surface area (Å²) >= 11 is 0. The summed E-state index contributed by atoms with van der Waals surface area (Å²) in [6, 6.07) is 3.39. The first-order valence-electron chi connectivity index (χ1n) is 7.00. The van der Waals surface area contributed by atoms with Crippen LogP contribution in [0.4, 0.5) is 24.5 Å². The van der Waals surface area contributed by atoms with Crippen LogP contribution >= 0.6 is 0 Å². The molecule has 2 atom stereocenters. The van der Waals surface area contributed by atoms with Gasteiger partial charge >= 0.3 is 6.18 Å². The van der Waals surface area contributed by atoms with Crippen molar-refractivity contribution in [3.05, 3.63) is 33.9 Å². The van der Waals surface area contributed by atoms with Crippen LogP contribution in [0.5, 0.6) is 0 Å². The summed E-state index contributed by atoms with van der Waals surface area (Å²) in [6.45, 7) is -0.171. The third-order valence-electron chi connectivity index (χ3n) is 3.65. The third-order valence-corrected chi connectivity index (χ3v) is 3.65. The largest absolute Gasteiger partial charge is 0.416 e. The average Bonchev–Trinajstić information content (AvgIpc) is 2.52. The van der Waals surface area contributed by atoms with Crippen LogP contribution in [0.2, 0.25) is 0 Å². The van der Waals surface area contributed by atoms with Crippen molar-refractivity contribution in [2.24, 2.45) is 0 Å². The van der Waals surface area contributed by atoms with E-state index in [9.17, 15) is 28.1 Å². The van der Waals surface area contributed by atoms with Gasteiger partial charge in [-0.2, -0.15) is 13.2 Å². The van der Waals surface area contributed by atoms with E-state index in [0.717, 1.165) is 12.1 Å². The van der Waals surface area contributed by atoms with Crippen molar-refractivity contribution in [3.8, 4) is 0 Å². The number of hydrogen-bond donors (Lipinski definition) is 1. The number of nitrogens with zero attached hydrogens (tertiary/aromatic N) is 2. The number of rotatable bonds is 4. The number of hydrogen-bond acceptors (Lipinski definition) is 6. The van der Waals surface area contributed by atoms with E-state index in [1.54, 1.807) is 0 Å². The zero-order valence-electron chi connectivity index (χ0n) is 12.6. The summed E-state index contributed by atoms with van der Waals surface area (Å²) in [5, 5.41) is 20.1. The Kier molecular flexibility index (Phi) is 5.09. The Morgan fingerprint density at radius 1 is 1.46 bits per heavy atom. The minimum atomic E-state index is -4.66. The SMILES string of the molecule is CC(=O)c1ccc([N+](=O)[O-])cc1N1CC(CO)OC(C(F)(F)F)C1. The molecule has 2 unspecified atom stereocenters. The van der Waals surface area contributed by atoms with Gasteiger partial charge in [-0.25, -0.2) is 0 Å². The van der Waals surface area contributed by atoms with Gasteiger partial charge in [0.15, 0.2) is 11.9 Å². The Hall–Kier alpha value is -2.20.